The van der Waals surface area contributed by atoms with E-state index in [1.807, 2.05) is 18.2 Å². The van der Waals surface area contributed by atoms with Crippen LogP contribution in [0.25, 0.3) is 0 Å². The van der Waals surface area contributed by atoms with Gasteiger partial charge in [-0.05, 0) is 58.6 Å². The number of aldehydes is 1. The lowest BCUT2D eigenvalue weighted by Gasteiger charge is -2.32. The van der Waals surface area contributed by atoms with Crippen LogP contribution in [0.15, 0.2) is 46.9 Å². The molecule has 2 aromatic carbocycles. The molecule has 2 aromatic rings. The highest BCUT2D eigenvalue weighted by molar-refractivity contribution is 9.10. The van der Waals surface area contributed by atoms with Gasteiger partial charge in [-0.1, -0.05) is 18.2 Å². The number of hydrogen-bond acceptors (Lipinski definition) is 2. The maximum atomic E-state index is 10.8. The van der Waals surface area contributed by atoms with Crippen molar-refractivity contribution in [1.82, 2.24) is 0 Å². The molecule has 3 rings (SSSR count). The molecule has 0 saturated carbocycles. The van der Waals surface area contributed by atoms with Crippen molar-refractivity contribution in [2.75, 3.05) is 11.4 Å². The molecule has 96 valence electrons. The SMILES string of the molecule is O=Cc1ccc(N2CCCc3ccccc32)c(Br)c1. The summed E-state index contributed by atoms with van der Waals surface area (Å²) < 4.78 is 0.966. The van der Waals surface area contributed by atoms with Gasteiger partial charge in [0.15, 0.2) is 0 Å². The molecule has 19 heavy (non-hydrogen) atoms. The Labute approximate surface area is 121 Å². The van der Waals surface area contributed by atoms with Crippen LogP contribution < -0.4 is 4.90 Å². The number of carbonyl (C=O) groups excluding carboxylic acids is 1. The Balaban J connectivity index is 2.06. The largest absolute Gasteiger partial charge is 0.340 e. The van der Waals surface area contributed by atoms with E-state index < -0.39 is 0 Å². The third-order valence-electron chi connectivity index (χ3n) is 3.51. The molecule has 0 spiro atoms. The van der Waals surface area contributed by atoms with E-state index >= 15 is 0 Å². The summed E-state index contributed by atoms with van der Waals surface area (Å²) in [6, 6.07) is 14.3. The number of rotatable bonds is 2. The molecule has 2 nitrogen and oxygen atoms in total. The topological polar surface area (TPSA) is 20.3 Å². The molecule has 1 aliphatic rings. The van der Waals surface area contributed by atoms with E-state index in [-0.39, 0.29) is 0 Å². The van der Waals surface area contributed by atoms with E-state index in [4.69, 9.17) is 0 Å². The number of fused-ring (bicyclic) bond motifs is 1. The van der Waals surface area contributed by atoms with Crippen molar-refractivity contribution in [1.29, 1.82) is 0 Å². The van der Waals surface area contributed by atoms with E-state index in [1.165, 1.54) is 11.3 Å². The van der Waals surface area contributed by atoms with Crippen LogP contribution in [0.4, 0.5) is 11.4 Å². The van der Waals surface area contributed by atoms with Gasteiger partial charge in [-0.25, -0.2) is 0 Å². The van der Waals surface area contributed by atoms with Gasteiger partial charge in [0.25, 0.3) is 0 Å². The van der Waals surface area contributed by atoms with Gasteiger partial charge in [0.2, 0.25) is 0 Å². The molecule has 0 fully saturated rings. The number of benzene rings is 2. The molecule has 3 heteroatoms. The van der Waals surface area contributed by atoms with Gasteiger partial charge in [0.05, 0.1) is 5.69 Å². The molecule has 0 N–H and O–H groups in total. The average molecular weight is 316 g/mol. The Morgan fingerprint density at radius 1 is 1.11 bits per heavy atom. The first-order valence-corrected chi connectivity index (χ1v) is 7.19. The van der Waals surface area contributed by atoms with E-state index in [1.54, 1.807) is 0 Å². The predicted molar refractivity (Wildman–Crippen MR) is 81.3 cm³/mol. The highest BCUT2D eigenvalue weighted by Crippen LogP contribution is 2.37. The minimum absolute atomic E-state index is 0.695. The lowest BCUT2D eigenvalue weighted by Crippen LogP contribution is -2.24. The van der Waals surface area contributed by atoms with Gasteiger partial charge in [-0.2, -0.15) is 0 Å². The fraction of sp³-hybridized carbons (Fsp3) is 0.188. The summed E-state index contributed by atoms with van der Waals surface area (Å²) in [5, 5.41) is 0. The van der Waals surface area contributed by atoms with Crippen LogP contribution in [0.1, 0.15) is 22.3 Å². The van der Waals surface area contributed by atoms with Gasteiger partial charge in [0.1, 0.15) is 6.29 Å². The maximum absolute atomic E-state index is 10.8. The second kappa shape index (κ2) is 5.17. The fourth-order valence-corrected chi connectivity index (χ4v) is 3.21. The van der Waals surface area contributed by atoms with Gasteiger partial charge in [-0.3, -0.25) is 4.79 Å². The Kier molecular flexibility index (Phi) is 3.38. The zero-order valence-electron chi connectivity index (χ0n) is 10.5. The van der Waals surface area contributed by atoms with Crippen molar-refractivity contribution in [3.63, 3.8) is 0 Å². The lowest BCUT2D eigenvalue weighted by molar-refractivity contribution is 0.112. The lowest BCUT2D eigenvalue weighted by atomic mass is 10.0. The molecule has 0 aromatic heterocycles. The van der Waals surface area contributed by atoms with E-state index in [9.17, 15) is 4.79 Å². The first-order chi connectivity index (χ1) is 9.29. The van der Waals surface area contributed by atoms with Crippen molar-refractivity contribution in [2.24, 2.45) is 0 Å². The van der Waals surface area contributed by atoms with Crippen LogP contribution >= 0.6 is 15.9 Å². The molecule has 1 heterocycles. The van der Waals surface area contributed by atoms with E-state index in [0.29, 0.717) is 5.56 Å². The molecule has 0 atom stereocenters. The maximum Gasteiger partial charge on any atom is 0.150 e. The third kappa shape index (κ3) is 2.30. The van der Waals surface area contributed by atoms with Gasteiger partial charge < -0.3 is 4.90 Å². The molecule has 0 aliphatic carbocycles. The van der Waals surface area contributed by atoms with Crippen LogP contribution in [0.2, 0.25) is 0 Å². The summed E-state index contributed by atoms with van der Waals surface area (Å²) in [6.07, 6.45) is 3.16. The van der Waals surface area contributed by atoms with Crippen molar-refractivity contribution in [2.45, 2.75) is 12.8 Å². The van der Waals surface area contributed by atoms with Gasteiger partial charge >= 0.3 is 0 Å². The highest BCUT2D eigenvalue weighted by Gasteiger charge is 2.19. The zero-order chi connectivity index (χ0) is 13.2. The first kappa shape index (κ1) is 12.4. The number of anilines is 2. The quantitative estimate of drug-likeness (QED) is 0.768. The van der Waals surface area contributed by atoms with Gasteiger partial charge in [-0.15, -0.1) is 0 Å². The molecular weight excluding hydrogens is 302 g/mol. The second-order valence-corrected chi connectivity index (χ2v) is 5.57. The molecule has 0 saturated heterocycles. The standard InChI is InChI=1S/C16H14BrNO/c17-14-10-12(11-19)7-8-16(14)18-9-3-5-13-4-1-2-6-15(13)18/h1-2,4,6-8,10-11H,3,5,9H2. The minimum atomic E-state index is 0.695. The van der Waals surface area contributed by atoms with E-state index in [2.05, 4.69) is 45.1 Å². The van der Waals surface area contributed by atoms with Crippen molar-refractivity contribution >= 4 is 33.6 Å². The Hall–Kier alpha value is -1.61. The number of nitrogens with zero attached hydrogens (tertiary/aromatic N) is 1. The summed E-state index contributed by atoms with van der Waals surface area (Å²) in [5.74, 6) is 0. The first-order valence-electron chi connectivity index (χ1n) is 6.40. The summed E-state index contributed by atoms with van der Waals surface area (Å²) in [5.41, 5.74) is 4.48. The monoisotopic (exact) mass is 315 g/mol. The van der Waals surface area contributed by atoms with Crippen LogP contribution in [0.5, 0.6) is 0 Å². The number of para-hydroxylation sites is 1. The summed E-state index contributed by atoms with van der Waals surface area (Å²) in [7, 11) is 0. The second-order valence-electron chi connectivity index (χ2n) is 4.71. The summed E-state index contributed by atoms with van der Waals surface area (Å²) >= 11 is 3.57. The zero-order valence-corrected chi connectivity index (χ0v) is 12.1. The van der Waals surface area contributed by atoms with Crippen LogP contribution in [-0.4, -0.2) is 12.8 Å². The molecule has 0 amide bonds. The van der Waals surface area contributed by atoms with Crippen LogP contribution in [0.3, 0.4) is 0 Å². The van der Waals surface area contributed by atoms with Crippen LogP contribution in [0, 0.1) is 0 Å². The number of aryl methyl sites for hydroxylation is 1. The van der Waals surface area contributed by atoms with Crippen molar-refractivity contribution in [3.8, 4) is 0 Å². The fourth-order valence-electron chi connectivity index (χ4n) is 2.60. The summed E-state index contributed by atoms with van der Waals surface area (Å²) in [6.45, 7) is 1.01. The smallest absolute Gasteiger partial charge is 0.150 e. The average Bonchev–Trinajstić information content (AvgIpc) is 2.46. The van der Waals surface area contributed by atoms with Crippen molar-refractivity contribution < 1.29 is 4.79 Å². The number of halogens is 1. The Bertz CT molecular complexity index is 624. The molecule has 0 bridgehead atoms. The Morgan fingerprint density at radius 3 is 2.74 bits per heavy atom. The number of carbonyl (C=O) groups is 1. The molecular formula is C16H14BrNO. The van der Waals surface area contributed by atoms with Gasteiger partial charge in [0, 0.05) is 22.3 Å². The number of hydrogen-bond donors (Lipinski definition) is 0. The van der Waals surface area contributed by atoms with E-state index in [0.717, 1.165) is 35.8 Å². The van der Waals surface area contributed by atoms with Crippen LogP contribution in [-0.2, 0) is 6.42 Å². The minimum Gasteiger partial charge on any atom is -0.340 e. The third-order valence-corrected chi connectivity index (χ3v) is 4.14. The Morgan fingerprint density at radius 2 is 1.95 bits per heavy atom. The summed E-state index contributed by atoms with van der Waals surface area (Å²) in [4.78, 5) is 13.1. The molecule has 1 aliphatic heterocycles. The normalized spacial score (nSPS) is 14.1. The molecule has 0 unspecified atom stereocenters. The van der Waals surface area contributed by atoms with Crippen molar-refractivity contribution in [3.05, 3.63) is 58.1 Å². The molecule has 0 radical (unpaired) electrons. The highest BCUT2D eigenvalue weighted by atomic mass is 79.9. The predicted octanol–water partition coefficient (Wildman–Crippen LogP) is 4.35.